The van der Waals surface area contributed by atoms with E-state index in [1.807, 2.05) is 24.3 Å². The van der Waals surface area contributed by atoms with E-state index in [4.69, 9.17) is 0 Å². The number of hydrogen-bond acceptors (Lipinski definition) is 1. The first kappa shape index (κ1) is 22.0. The third-order valence-electron chi connectivity index (χ3n) is 5.06. The Balaban J connectivity index is 1.74. The van der Waals surface area contributed by atoms with E-state index in [9.17, 15) is 4.79 Å². The van der Waals surface area contributed by atoms with Crippen LogP contribution in [0.15, 0.2) is 48.5 Å². The lowest BCUT2D eigenvalue weighted by Crippen LogP contribution is -2.19. The summed E-state index contributed by atoms with van der Waals surface area (Å²) in [5, 5.41) is 5.81. The summed E-state index contributed by atoms with van der Waals surface area (Å²) in [5.74, 6) is 0. The van der Waals surface area contributed by atoms with Crippen molar-refractivity contribution in [3.8, 4) is 0 Å². The molecule has 2 N–H and O–H groups in total. The maximum absolute atomic E-state index is 12.2. The molecule has 0 aliphatic carbocycles. The topological polar surface area (TPSA) is 41.1 Å². The van der Waals surface area contributed by atoms with Crippen molar-refractivity contribution in [3.05, 3.63) is 59.7 Å². The lowest BCUT2D eigenvalue weighted by atomic mass is 10.1. The summed E-state index contributed by atoms with van der Waals surface area (Å²) < 4.78 is 0. The minimum atomic E-state index is -0.202. The van der Waals surface area contributed by atoms with Crippen molar-refractivity contribution in [1.82, 2.24) is 0 Å². The van der Waals surface area contributed by atoms with Gasteiger partial charge in [0.2, 0.25) is 0 Å². The molecule has 0 saturated heterocycles. The largest absolute Gasteiger partial charge is 0.323 e. The Morgan fingerprint density at radius 1 is 0.607 bits per heavy atom. The van der Waals surface area contributed by atoms with E-state index in [1.165, 1.54) is 62.5 Å². The molecule has 152 valence electrons. The molecule has 0 aliphatic rings. The normalized spacial score (nSPS) is 10.6. The molecule has 0 saturated carbocycles. The number of benzene rings is 2. The van der Waals surface area contributed by atoms with Gasteiger partial charge in [0.05, 0.1) is 0 Å². The van der Waals surface area contributed by atoms with Crippen molar-refractivity contribution in [1.29, 1.82) is 0 Å². The van der Waals surface area contributed by atoms with E-state index in [2.05, 4.69) is 48.7 Å². The molecule has 0 radical (unpaired) electrons. The minimum Gasteiger partial charge on any atom is -0.308 e. The summed E-state index contributed by atoms with van der Waals surface area (Å²) in [6.07, 6.45) is 12.4. The van der Waals surface area contributed by atoms with Gasteiger partial charge in [-0.1, -0.05) is 76.6 Å². The molecule has 2 aromatic carbocycles. The summed E-state index contributed by atoms with van der Waals surface area (Å²) in [6.45, 7) is 4.46. The zero-order valence-corrected chi connectivity index (χ0v) is 17.6. The molecule has 2 amide bonds. The molecule has 2 rings (SSSR count). The van der Waals surface area contributed by atoms with Crippen molar-refractivity contribution in [2.75, 3.05) is 10.6 Å². The van der Waals surface area contributed by atoms with Gasteiger partial charge in [-0.25, -0.2) is 4.79 Å². The Kier molecular flexibility index (Phi) is 10.2. The van der Waals surface area contributed by atoms with Crippen LogP contribution in [-0.4, -0.2) is 6.03 Å². The Morgan fingerprint density at radius 3 is 1.36 bits per heavy atom. The predicted octanol–water partition coefficient (Wildman–Crippen LogP) is 7.58. The van der Waals surface area contributed by atoms with Crippen molar-refractivity contribution in [2.24, 2.45) is 0 Å². The molecule has 3 heteroatoms. The fourth-order valence-corrected chi connectivity index (χ4v) is 3.31. The van der Waals surface area contributed by atoms with E-state index in [0.717, 1.165) is 24.2 Å². The van der Waals surface area contributed by atoms with Crippen LogP contribution < -0.4 is 10.6 Å². The van der Waals surface area contributed by atoms with Crippen LogP contribution in [0.5, 0.6) is 0 Å². The van der Waals surface area contributed by atoms with Crippen molar-refractivity contribution in [2.45, 2.75) is 78.1 Å². The minimum absolute atomic E-state index is 0.202. The second-order valence-corrected chi connectivity index (χ2v) is 7.59. The number of aryl methyl sites for hydroxylation is 2. The first-order valence-corrected chi connectivity index (χ1v) is 11.0. The van der Waals surface area contributed by atoms with Crippen LogP contribution in [0.2, 0.25) is 0 Å². The van der Waals surface area contributed by atoms with Gasteiger partial charge >= 0.3 is 6.03 Å². The zero-order valence-electron chi connectivity index (χ0n) is 17.6. The fourth-order valence-electron chi connectivity index (χ4n) is 3.31. The maximum Gasteiger partial charge on any atom is 0.323 e. The highest BCUT2D eigenvalue weighted by Gasteiger charge is 2.03. The lowest BCUT2D eigenvalue weighted by Gasteiger charge is -2.09. The number of amides is 2. The van der Waals surface area contributed by atoms with Gasteiger partial charge in [-0.3, -0.25) is 0 Å². The number of carbonyl (C=O) groups excluding carboxylic acids is 1. The summed E-state index contributed by atoms with van der Waals surface area (Å²) in [7, 11) is 0. The number of hydrogen-bond donors (Lipinski definition) is 2. The van der Waals surface area contributed by atoms with Crippen LogP contribution in [-0.2, 0) is 12.8 Å². The molecule has 2 aromatic rings. The summed E-state index contributed by atoms with van der Waals surface area (Å²) in [5.41, 5.74) is 4.30. The molecule has 0 unspecified atom stereocenters. The highest BCUT2D eigenvalue weighted by Crippen LogP contribution is 2.15. The monoisotopic (exact) mass is 380 g/mol. The highest BCUT2D eigenvalue weighted by atomic mass is 16.2. The molecular weight excluding hydrogens is 344 g/mol. The van der Waals surface area contributed by atoms with Gasteiger partial charge in [-0.2, -0.15) is 0 Å². The SMILES string of the molecule is CCCCCCc1ccc(NC(=O)Nc2ccc(CCCCCC)cc2)cc1. The van der Waals surface area contributed by atoms with Crippen LogP contribution in [0.4, 0.5) is 16.2 Å². The van der Waals surface area contributed by atoms with Gasteiger partial charge in [-0.05, 0) is 61.1 Å². The third kappa shape index (κ3) is 8.60. The summed E-state index contributed by atoms with van der Waals surface area (Å²) >= 11 is 0. The second kappa shape index (κ2) is 13.0. The Bertz CT molecular complexity index is 617. The number of unbranched alkanes of at least 4 members (excludes halogenated alkanes) is 6. The molecular formula is C25H36N2O. The average Bonchev–Trinajstić information content (AvgIpc) is 2.71. The van der Waals surface area contributed by atoms with Gasteiger partial charge in [0.25, 0.3) is 0 Å². The quantitative estimate of drug-likeness (QED) is 0.366. The molecule has 0 aromatic heterocycles. The lowest BCUT2D eigenvalue weighted by molar-refractivity contribution is 0.262. The number of rotatable bonds is 12. The van der Waals surface area contributed by atoms with Crippen molar-refractivity contribution < 1.29 is 4.79 Å². The Labute approximate surface area is 170 Å². The number of nitrogens with one attached hydrogen (secondary N) is 2. The number of anilines is 2. The van der Waals surface area contributed by atoms with Gasteiger partial charge in [-0.15, -0.1) is 0 Å². The summed E-state index contributed by atoms with van der Waals surface area (Å²) in [6, 6.07) is 16.1. The van der Waals surface area contributed by atoms with Crippen molar-refractivity contribution >= 4 is 17.4 Å². The molecule has 0 bridgehead atoms. The van der Waals surface area contributed by atoms with Crippen molar-refractivity contribution in [3.63, 3.8) is 0 Å². The second-order valence-electron chi connectivity index (χ2n) is 7.59. The molecule has 0 spiro atoms. The third-order valence-corrected chi connectivity index (χ3v) is 5.06. The van der Waals surface area contributed by atoms with Crippen LogP contribution in [0, 0.1) is 0 Å². The van der Waals surface area contributed by atoms with E-state index in [-0.39, 0.29) is 6.03 Å². The van der Waals surface area contributed by atoms with Gasteiger partial charge in [0, 0.05) is 11.4 Å². The molecule has 0 fully saturated rings. The average molecular weight is 381 g/mol. The molecule has 0 heterocycles. The molecule has 0 aliphatic heterocycles. The first-order valence-electron chi connectivity index (χ1n) is 11.0. The van der Waals surface area contributed by atoms with E-state index >= 15 is 0 Å². The van der Waals surface area contributed by atoms with E-state index < -0.39 is 0 Å². The fraction of sp³-hybridized carbons (Fsp3) is 0.480. The maximum atomic E-state index is 12.2. The first-order chi connectivity index (χ1) is 13.7. The molecule has 0 atom stereocenters. The Hall–Kier alpha value is -2.29. The van der Waals surface area contributed by atoms with Gasteiger partial charge < -0.3 is 10.6 Å². The van der Waals surface area contributed by atoms with Crippen LogP contribution in [0.1, 0.15) is 76.3 Å². The van der Waals surface area contributed by atoms with Gasteiger partial charge in [0.15, 0.2) is 0 Å². The van der Waals surface area contributed by atoms with Crippen LogP contribution >= 0.6 is 0 Å². The van der Waals surface area contributed by atoms with E-state index in [1.54, 1.807) is 0 Å². The standard InChI is InChI=1S/C25H36N2O/c1-3-5-7-9-11-21-13-17-23(18-14-21)26-25(28)27-24-19-15-22(16-20-24)12-10-8-6-4-2/h13-20H,3-12H2,1-2H3,(H2,26,27,28). The smallest absolute Gasteiger partial charge is 0.308 e. The Morgan fingerprint density at radius 2 is 1.00 bits per heavy atom. The van der Waals surface area contributed by atoms with Crippen LogP contribution in [0.3, 0.4) is 0 Å². The van der Waals surface area contributed by atoms with Gasteiger partial charge in [0.1, 0.15) is 0 Å². The number of urea groups is 1. The van der Waals surface area contributed by atoms with E-state index in [0.29, 0.717) is 0 Å². The highest BCUT2D eigenvalue weighted by molar-refractivity contribution is 5.99. The predicted molar refractivity (Wildman–Crippen MR) is 121 cm³/mol. The molecule has 28 heavy (non-hydrogen) atoms. The molecule has 3 nitrogen and oxygen atoms in total. The zero-order chi connectivity index (χ0) is 20.0. The number of carbonyl (C=O) groups is 1. The van der Waals surface area contributed by atoms with Crippen LogP contribution in [0.25, 0.3) is 0 Å². The summed E-state index contributed by atoms with van der Waals surface area (Å²) in [4.78, 5) is 12.2.